The lowest BCUT2D eigenvalue weighted by Gasteiger charge is -2.27. The average Bonchev–Trinajstić information content (AvgIpc) is 2.70. The Labute approximate surface area is 107 Å². The summed E-state index contributed by atoms with van der Waals surface area (Å²) in [6.07, 6.45) is -0.160. The molecule has 3 aliphatic rings. The van der Waals surface area contributed by atoms with Crippen LogP contribution in [0.5, 0.6) is 0 Å². The molecule has 1 aromatic carbocycles. The molecule has 18 heavy (non-hydrogen) atoms. The quantitative estimate of drug-likeness (QED) is 0.756. The van der Waals surface area contributed by atoms with Gasteiger partial charge >= 0.3 is 0 Å². The molecule has 2 saturated heterocycles. The summed E-state index contributed by atoms with van der Waals surface area (Å²) in [6.45, 7) is 5.09. The third kappa shape index (κ3) is 1.11. The van der Waals surface area contributed by atoms with Crippen molar-refractivity contribution in [1.82, 2.24) is 4.90 Å². The number of hydrogen-bond acceptors (Lipinski definition) is 2. The number of fused-ring (bicyclic) bond motifs is 3. The summed E-state index contributed by atoms with van der Waals surface area (Å²) in [7, 11) is 0. The van der Waals surface area contributed by atoms with Crippen LogP contribution in [0.25, 0.3) is 0 Å². The molecule has 0 N–H and O–H groups in total. The van der Waals surface area contributed by atoms with Crippen molar-refractivity contribution in [3.05, 3.63) is 35.9 Å². The van der Waals surface area contributed by atoms with Gasteiger partial charge in [0.05, 0.1) is 12.6 Å². The maximum Gasteiger partial charge on any atom is 0.229 e. The molecule has 0 bridgehead atoms. The highest BCUT2D eigenvalue weighted by atomic mass is 16.5. The molecule has 0 aromatic heterocycles. The van der Waals surface area contributed by atoms with Crippen LogP contribution in [0.3, 0.4) is 0 Å². The van der Waals surface area contributed by atoms with Gasteiger partial charge in [-0.25, -0.2) is 0 Å². The molecular weight excluding hydrogens is 226 g/mol. The van der Waals surface area contributed by atoms with Crippen LogP contribution >= 0.6 is 0 Å². The van der Waals surface area contributed by atoms with E-state index in [2.05, 4.69) is 13.8 Å². The molecule has 3 fully saturated rings. The summed E-state index contributed by atoms with van der Waals surface area (Å²) >= 11 is 0. The van der Waals surface area contributed by atoms with E-state index in [1.165, 1.54) is 0 Å². The van der Waals surface area contributed by atoms with Crippen molar-refractivity contribution in [3.63, 3.8) is 0 Å². The molecule has 3 unspecified atom stereocenters. The zero-order valence-corrected chi connectivity index (χ0v) is 10.7. The first-order valence-corrected chi connectivity index (χ1v) is 6.61. The van der Waals surface area contributed by atoms with Crippen molar-refractivity contribution in [2.45, 2.75) is 26.1 Å². The van der Waals surface area contributed by atoms with Crippen LogP contribution in [-0.4, -0.2) is 23.5 Å². The number of piperidine rings is 1. The zero-order valence-electron chi connectivity index (χ0n) is 10.7. The molecule has 1 amide bonds. The first kappa shape index (κ1) is 10.6. The topological polar surface area (TPSA) is 29.5 Å². The number of nitrogens with zero attached hydrogens (tertiary/aromatic N) is 1. The smallest absolute Gasteiger partial charge is 0.229 e. The number of benzene rings is 1. The maximum atomic E-state index is 12.5. The summed E-state index contributed by atoms with van der Waals surface area (Å²) in [5, 5.41) is 0. The summed E-state index contributed by atoms with van der Waals surface area (Å²) in [4.78, 5) is 14.5. The fourth-order valence-corrected chi connectivity index (χ4v) is 3.98. The predicted molar refractivity (Wildman–Crippen MR) is 66.5 cm³/mol. The van der Waals surface area contributed by atoms with E-state index >= 15 is 0 Å². The van der Waals surface area contributed by atoms with Gasteiger partial charge in [0.25, 0.3) is 0 Å². The van der Waals surface area contributed by atoms with Crippen LogP contribution in [0, 0.1) is 17.3 Å². The number of rotatable bonds is 1. The van der Waals surface area contributed by atoms with Gasteiger partial charge < -0.3 is 9.64 Å². The molecule has 0 spiro atoms. The third-order valence-corrected chi connectivity index (χ3v) is 4.97. The first-order valence-electron chi connectivity index (χ1n) is 6.61. The highest BCUT2D eigenvalue weighted by molar-refractivity contribution is 5.87. The molecule has 1 aliphatic carbocycles. The van der Waals surface area contributed by atoms with Crippen LogP contribution in [0.4, 0.5) is 0 Å². The second-order valence-corrected chi connectivity index (χ2v) is 6.23. The van der Waals surface area contributed by atoms with Gasteiger partial charge in [-0.3, -0.25) is 4.79 Å². The van der Waals surface area contributed by atoms with E-state index in [9.17, 15) is 4.79 Å². The van der Waals surface area contributed by atoms with Crippen LogP contribution < -0.4 is 0 Å². The average molecular weight is 243 g/mol. The first-order chi connectivity index (χ1) is 8.62. The van der Waals surface area contributed by atoms with Crippen molar-refractivity contribution >= 4 is 5.91 Å². The Morgan fingerprint density at radius 2 is 2.00 bits per heavy atom. The second-order valence-electron chi connectivity index (χ2n) is 6.23. The standard InChI is InChI=1S/C15H17NO2/c1-15(2)11-10-8-18-14(9-6-4-3-5-7-9)16(10)13(17)12(11)15/h3-7,10-12,14H,8H2,1-2H3/t10?,11-,12?,14?/m1/s1. The van der Waals surface area contributed by atoms with Gasteiger partial charge in [0.2, 0.25) is 5.91 Å². The lowest BCUT2D eigenvalue weighted by molar-refractivity contribution is -0.137. The Morgan fingerprint density at radius 3 is 2.72 bits per heavy atom. The van der Waals surface area contributed by atoms with Crippen molar-refractivity contribution in [1.29, 1.82) is 0 Å². The summed E-state index contributed by atoms with van der Waals surface area (Å²) in [5.74, 6) is 1.03. The van der Waals surface area contributed by atoms with Gasteiger partial charge in [-0.05, 0) is 11.3 Å². The normalized spacial score (nSPS) is 39.7. The predicted octanol–water partition coefficient (Wildman–Crippen LogP) is 2.20. The summed E-state index contributed by atoms with van der Waals surface area (Å²) in [5.41, 5.74) is 1.28. The second kappa shape index (κ2) is 3.15. The van der Waals surface area contributed by atoms with Gasteiger partial charge in [0, 0.05) is 11.5 Å². The number of carbonyl (C=O) groups is 1. The lowest BCUT2D eigenvalue weighted by Crippen LogP contribution is -2.37. The summed E-state index contributed by atoms with van der Waals surface area (Å²) in [6, 6.07) is 10.4. The van der Waals surface area contributed by atoms with E-state index < -0.39 is 0 Å². The minimum atomic E-state index is -0.160. The van der Waals surface area contributed by atoms with Crippen molar-refractivity contribution in [2.24, 2.45) is 17.3 Å². The Hall–Kier alpha value is -1.35. The van der Waals surface area contributed by atoms with Gasteiger partial charge in [0.15, 0.2) is 6.23 Å². The van der Waals surface area contributed by atoms with Crippen molar-refractivity contribution < 1.29 is 9.53 Å². The molecule has 0 radical (unpaired) electrons. The molecule has 4 atom stereocenters. The Balaban J connectivity index is 1.67. The van der Waals surface area contributed by atoms with Crippen molar-refractivity contribution in [2.75, 3.05) is 6.61 Å². The lowest BCUT2D eigenvalue weighted by atomic mass is 10.0. The monoisotopic (exact) mass is 243 g/mol. The highest BCUT2D eigenvalue weighted by Gasteiger charge is 2.73. The van der Waals surface area contributed by atoms with E-state index in [-0.39, 0.29) is 17.6 Å². The van der Waals surface area contributed by atoms with E-state index in [1.54, 1.807) is 0 Å². The fraction of sp³-hybridized carbons (Fsp3) is 0.533. The molecule has 1 saturated carbocycles. The molecule has 1 aromatic rings. The molecule has 2 aliphatic heterocycles. The molecule has 3 heteroatoms. The number of carbonyl (C=O) groups excluding carboxylic acids is 1. The van der Waals surface area contributed by atoms with Gasteiger partial charge in [0.1, 0.15) is 0 Å². The molecule has 94 valence electrons. The van der Waals surface area contributed by atoms with Gasteiger partial charge in [-0.1, -0.05) is 44.2 Å². The number of ether oxygens (including phenoxy) is 1. The Morgan fingerprint density at radius 1 is 1.28 bits per heavy atom. The minimum Gasteiger partial charge on any atom is -0.352 e. The van der Waals surface area contributed by atoms with Gasteiger partial charge in [-0.2, -0.15) is 0 Å². The van der Waals surface area contributed by atoms with Crippen LogP contribution in [0.15, 0.2) is 30.3 Å². The van der Waals surface area contributed by atoms with Crippen molar-refractivity contribution in [3.8, 4) is 0 Å². The molecule has 3 nitrogen and oxygen atoms in total. The van der Waals surface area contributed by atoms with Crippen LogP contribution in [0.1, 0.15) is 25.6 Å². The maximum absolute atomic E-state index is 12.5. The van der Waals surface area contributed by atoms with E-state index in [1.807, 2.05) is 35.2 Å². The molecular formula is C15H17NO2. The van der Waals surface area contributed by atoms with Gasteiger partial charge in [-0.15, -0.1) is 0 Å². The Kier molecular flexibility index (Phi) is 1.85. The third-order valence-electron chi connectivity index (χ3n) is 4.97. The Bertz CT molecular complexity index is 510. The van der Waals surface area contributed by atoms with Crippen LogP contribution in [0.2, 0.25) is 0 Å². The van der Waals surface area contributed by atoms with E-state index in [0.717, 1.165) is 5.56 Å². The number of amides is 1. The fourth-order valence-electron chi connectivity index (χ4n) is 3.98. The minimum absolute atomic E-state index is 0.160. The largest absolute Gasteiger partial charge is 0.352 e. The zero-order chi connectivity index (χ0) is 12.5. The van der Waals surface area contributed by atoms with Crippen LogP contribution in [-0.2, 0) is 9.53 Å². The summed E-state index contributed by atoms with van der Waals surface area (Å²) < 4.78 is 5.87. The van der Waals surface area contributed by atoms with E-state index in [0.29, 0.717) is 24.5 Å². The SMILES string of the molecule is CC1(C)C2C(=O)N3C(c4ccccc4)OCC3[C@H]21. The van der Waals surface area contributed by atoms with E-state index in [4.69, 9.17) is 4.74 Å². The highest BCUT2D eigenvalue weighted by Crippen LogP contribution is 2.67. The molecule has 4 rings (SSSR count). The molecule has 2 heterocycles. The number of hydrogen-bond donors (Lipinski definition) is 0.